The Bertz CT molecular complexity index is 1660. The number of phenols is 1. The van der Waals surface area contributed by atoms with Crippen LogP contribution in [0, 0.1) is 0 Å². The largest absolute Gasteiger partial charge is 0.504 e. The molecule has 9 nitrogen and oxygen atoms in total. The van der Waals surface area contributed by atoms with Crippen molar-refractivity contribution in [2.75, 3.05) is 27.4 Å². The molecule has 1 aromatic heterocycles. The summed E-state index contributed by atoms with van der Waals surface area (Å²) in [4.78, 5) is 32.1. The van der Waals surface area contributed by atoms with Crippen LogP contribution in [0.25, 0.3) is 6.08 Å². The Labute approximate surface area is 245 Å². The zero-order chi connectivity index (χ0) is 28.4. The van der Waals surface area contributed by atoms with Crippen molar-refractivity contribution in [2.45, 2.75) is 26.8 Å². The summed E-state index contributed by atoms with van der Waals surface area (Å²) in [5.41, 5.74) is 1.24. The Morgan fingerprint density at radius 1 is 1.10 bits per heavy atom. The highest BCUT2D eigenvalue weighted by Gasteiger charge is 2.35. The first-order valence-corrected chi connectivity index (χ1v) is 14.3. The van der Waals surface area contributed by atoms with Gasteiger partial charge < -0.3 is 24.1 Å². The summed E-state index contributed by atoms with van der Waals surface area (Å²) in [6.07, 6.45) is 1.57. The van der Waals surface area contributed by atoms with Crippen molar-refractivity contribution in [3.05, 3.63) is 75.3 Å². The molecule has 39 heavy (non-hydrogen) atoms. The van der Waals surface area contributed by atoms with Gasteiger partial charge in [0.05, 0.1) is 49.3 Å². The molecule has 0 spiro atoms. The topological polar surface area (TPSA) is 109 Å². The van der Waals surface area contributed by atoms with Crippen LogP contribution in [0.2, 0.25) is 0 Å². The number of thiazole rings is 1. The molecule has 2 aromatic carbocycles. The van der Waals surface area contributed by atoms with E-state index in [-0.39, 0.29) is 23.7 Å². The standard InChI is InChI=1S/C27H26Br2N2O7S/c1-6-37-19-12-17(29)16(11-18(19)35-4)23-22(26(34)38-7-2)13(3)30-27-31(23)25(33)21(39-27)9-14-8-15(28)10-20(36-5)24(14)32/h8-12,23,32H,6-7H2,1-5H3/b21-9+/t23-/m0/s1. The molecule has 3 aromatic rings. The normalized spacial score (nSPS) is 15.1. The lowest BCUT2D eigenvalue weighted by Gasteiger charge is -2.26. The number of halogens is 2. The van der Waals surface area contributed by atoms with Gasteiger partial charge in [-0.1, -0.05) is 43.2 Å². The van der Waals surface area contributed by atoms with Gasteiger partial charge in [0.25, 0.3) is 5.56 Å². The first-order valence-electron chi connectivity index (χ1n) is 11.9. The second kappa shape index (κ2) is 12.0. The average molecular weight is 682 g/mol. The summed E-state index contributed by atoms with van der Waals surface area (Å²) >= 11 is 8.16. The molecular formula is C27H26Br2N2O7S. The quantitative estimate of drug-likeness (QED) is 0.350. The van der Waals surface area contributed by atoms with E-state index in [1.807, 2.05) is 6.92 Å². The molecule has 1 aliphatic heterocycles. The van der Waals surface area contributed by atoms with Crippen LogP contribution in [0.3, 0.4) is 0 Å². The van der Waals surface area contributed by atoms with Crippen LogP contribution in [0.4, 0.5) is 0 Å². The number of aromatic nitrogens is 1. The first-order chi connectivity index (χ1) is 18.6. The molecule has 0 fully saturated rings. The molecule has 0 aliphatic carbocycles. The van der Waals surface area contributed by atoms with Gasteiger partial charge in [-0.2, -0.15) is 0 Å². The maximum atomic E-state index is 13.9. The van der Waals surface area contributed by atoms with Crippen molar-refractivity contribution >= 4 is 55.2 Å². The van der Waals surface area contributed by atoms with Crippen LogP contribution in [0.1, 0.15) is 37.9 Å². The molecule has 12 heteroatoms. The van der Waals surface area contributed by atoms with Crippen LogP contribution in [0.15, 0.2) is 54.3 Å². The number of aromatic hydroxyl groups is 1. The Morgan fingerprint density at radius 3 is 2.46 bits per heavy atom. The van der Waals surface area contributed by atoms with Gasteiger partial charge in [0, 0.05) is 14.5 Å². The third kappa shape index (κ3) is 5.50. The van der Waals surface area contributed by atoms with Gasteiger partial charge in [-0.05, 0) is 56.7 Å². The Balaban J connectivity index is 2.02. The molecular weight excluding hydrogens is 656 g/mol. The number of carbonyl (C=O) groups excluding carboxylic acids is 1. The Morgan fingerprint density at radius 2 is 1.82 bits per heavy atom. The maximum absolute atomic E-state index is 13.9. The zero-order valence-corrected chi connectivity index (χ0v) is 25.8. The fraction of sp³-hybridized carbons (Fsp3) is 0.296. The van der Waals surface area contributed by atoms with Gasteiger partial charge in [-0.3, -0.25) is 9.36 Å². The highest BCUT2D eigenvalue weighted by atomic mass is 79.9. The number of benzene rings is 2. The maximum Gasteiger partial charge on any atom is 0.338 e. The van der Waals surface area contributed by atoms with Crippen LogP contribution < -0.4 is 29.1 Å². The minimum Gasteiger partial charge on any atom is -0.504 e. The minimum absolute atomic E-state index is 0.106. The van der Waals surface area contributed by atoms with Gasteiger partial charge in [0.15, 0.2) is 27.8 Å². The number of carbonyl (C=O) groups is 1. The molecule has 1 aliphatic rings. The van der Waals surface area contributed by atoms with Crippen LogP contribution in [0.5, 0.6) is 23.0 Å². The third-order valence-electron chi connectivity index (χ3n) is 5.97. The number of fused-ring (bicyclic) bond motifs is 1. The van der Waals surface area contributed by atoms with Gasteiger partial charge >= 0.3 is 5.97 Å². The average Bonchev–Trinajstić information content (AvgIpc) is 3.19. The monoisotopic (exact) mass is 680 g/mol. The molecule has 4 rings (SSSR count). The number of phenolic OH excluding ortho intramolecular Hbond substituents is 1. The third-order valence-corrected chi connectivity index (χ3v) is 8.10. The van der Waals surface area contributed by atoms with E-state index in [1.54, 1.807) is 44.2 Å². The highest BCUT2D eigenvalue weighted by molar-refractivity contribution is 9.10. The van der Waals surface area contributed by atoms with E-state index in [0.29, 0.717) is 53.2 Å². The van der Waals surface area contributed by atoms with E-state index < -0.39 is 17.6 Å². The van der Waals surface area contributed by atoms with Crippen molar-refractivity contribution in [2.24, 2.45) is 4.99 Å². The molecule has 1 atom stereocenters. The minimum atomic E-state index is -0.868. The number of ether oxygens (including phenoxy) is 4. The molecule has 0 saturated heterocycles. The van der Waals surface area contributed by atoms with Gasteiger partial charge in [0.2, 0.25) is 0 Å². The predicted octanol–water partition coefficient (Wildman–Crippen LogP) is 4.44. The van der Waals surface area contributed by atoms with E-state index in [2.05, 4.69) is 36.9 Å². The smallest absolute Gasteiger partial charge is 0.338 e. The lowest BCUT2D eigenvalue weighted by molar-refractivity contribution is -0.139. The van der Waals surface area contributed by atoms with E-state index in [0.717, 1.165) is 11.3 Å². The van der Waals surface area contributed by atoms with E-state index >= 15 is 0 Å². The predicted molar refractivity (Wildman–Crippen MR) is 155 cm³/mol. The lowest BCUT2D eigenvalue weighted by atomic mass is 9.95. The number of hydrogen-bond acceptors (Lipinski definition) is 9. The fourth-order valence-electron chi connectivity index (χ4n) is 4.28. The van der Waals surface area contributed by atoms with Crippen molar-refractivity contribution < 1.29 is 28.8 Å². The van der Waals surface area contributed by atoms with Crippen LogP contribution >= 0.6 is 43.2 Å². The van der Waals surface area contributed by atoms with E-state index in [4.69, 9.17) is 18.9 Å². The van der Waals surface area contributed by atoms with Gasteiger partial charge in [-0.25, -0.2) is 9.79 Å². The summed E-state index contributed by atoms with van der Waals surface area (Å²) in [5.74, 6) is 0.534. The Hall–Kier alpha value is -3.09. The number of esters is 1. The summed E-state index contributed by atoms with van der Waals surface area (Å²) in [5, 5.41) is 10.7. The summed E-state index contributed by atoms with van der Waals surface area (Å²) < 4.78 is 24.9. The molecule has 2 heterocycles. The fourth-order valence-corrected chi connectivity index (χ4v) is 6.31. The van der Waals surface area contributed by atoms with Crippen molar-refractivity contribution in [3.63, 3.8) is 0 Å². The molecule has 0 saturated carbocycles. The highest BCUT2D eigenvalue weighted by Crippen LogP contribution is 2.41. The molecule has 0 radical (unpaired) electrons. The van der Waals surface area contributed by atoms with Crippen molar-refractivity contribution in [3.8, 4) is 23.0 Å². The molecule has 0 bridgehead atoms. The lowest BCUT2D eigenvalue weighted by Crippen LogP contribution is -2.40. The summed E-state index contributed by atoms with van der Waals surface area (Å²) in [6, 6.07) is 5.92. The molecule has 0 amide bonds. The molecule has 206 valence electrons. The molecule has 0 unspecified atom stereocenters. The number of allylic oxidation sites excluding steroid dienone is 1. The summed E-state index contributed by atoms with van der Waals surface area (Å²) in [6.45, 7) is 5.87. The second-order valence-electron chi connectivity index (χ2n) is 8.31. The van der Waals surface area contributed by atoms with Gasteiger partial charge in [0.1, 0.15) is 0 Å². The number of methoxy groups -OCH3 is 2. The van der Waals surface area contributed by atoms with Crippen molar-refractivity contribution in [1.82, 2.24) is 4.57 Å². The Kier molecular flexibility index (Phi) is 8.87. The zero-order valence-electron chi connectivity index (χ0n) is 21.8. The van der Waals surface area contributed by atoms with Crippen LogP contribution in [-0.2, 0) is 9.53 Å². The number of nitrogens with zero attached hydrogens (tertiary/aromatic N) is 2. The first kappa shape index (κ1) is 28.9. The SMILES string of the molecule is CCOC(=O)C1=C(C)N=c2s/c(=C/c3cc(Br)cc(OC)c3O)c(=O)n2[C@H]1c1cc(OC)c(OCC)cc1Br. The second-order valence-corrected chi connectivity index (χ2v) is 11.1. The summed E-state index contributed by atoms with van der Waals surface area (Å²) in [7, 11) is 2.97. The van der Waals surface area contributed by atoms with E-state index in [9.17, 15) is 14.7 Å². The number of hydrogen-bond donors (Lipinski definition) is 1. The molecule has 1 N–H and O–H groups in total. The van der Waals surface area contributed by atoms with Crippen LogP contribution in [-0.4, -0.2) is 43.1 Å². The van der Waals surface area contributed by atoms with Gasteiger partial charge in [-0.15, -0.1) is 0 Å². The van der Waals surface area contributed by atoms with Crippen molar-refractivity contribution in [1.29, 1.82) is 0 Å². The van der Waals surface area contributed by atoms with E-state index in [1.165, 1.54) is 18.8 Å². The number of rotatable bonds is 8.